The van der Waals surface area contributed by atoms with E-state index in [1.165, 1.54) is 12.1 Å². The summed E-state index contributed by atoms with van der Waals surface area (Å²) in [7, 11) is 0. The number of aryl methyl sites for hydroxylation is 1. The second-order valence-corrected chi connectivity index (χ2v) is 6.37. The number of thiazole rings is 1. The Morgan fingerprint density at radius 2 is 2.10 bits per heavy atom. The van der Waals surface area contributed by atoms with E-state index < -0.39 is 17.8 Å². The average Bonchev–Trinajstić information content (AvgIpc) is 2.68. The van der Waals surface area contributed by atoms with Crippen molar-refractivity contribution in [3.63, 3.8) is 0 Å². The summed E-state index contributed by atoms with van der Waals surface area (Å²) in [5.74, 6) is -0.976. The summed E-state index contributed by atoms with van der Waals surface area (Å²) in [6.07, 6.45) is -4.65. The number of aromatic nitrogens is 2. The SMILES string of the molecule is Cc1nc(Sc2cccc(C(F)(F)F)n2)sc1CC(=O)O. The van der Waals surface area contributed by atoms with Gasteiger partial charge in [0, 0.05) is 4.88 Å². The number of aliphatic carboxylic acids is 1. The molecular formula is C12H9F3N2O2S2. The lowest BCUT2D eigenvalue weighted by Crippen LogP contribution is -2.07. The highest BCUT2D eigenvalue weighted by molar-refractivity contribution is 8.01. The Hall–Kier alpha value is -1.61. The molecule has 4 nitrogen and oxygen atoms in total. The Morgan fingerprint density at radius 3 is 2.71 bits per heavy atom. The van der Waals surface area contributed by atoms with E-state index >= 15 is 0 Å². The first-order chi connectivity index (χ1) is 9.75. The van der Waals surface area contributed by atoms with Crippen molar-refractivity contribution in [2.45, 2.75) is 28.9 Å². The van der Waals surface area contributed by atoms with Gasteiger partial charge >= 0.3 is 12.1 Å². The number of rotatable bonds is 4. The number of carboxylic acid groups (broad SMARTS) is 1. The third-order valence-electron chi connectivity index (χ3n) is 2.39. The predicted molar refractivity (Wildman–Crippen MR) is 71.6 cm³/mol. The minimum absolute atomic E-state index is 0.153. The van der Waals surface area contributed by atoms with Crippen LogP contribution in [0.3, 0.4) is 0 Å². The highest BCUT2D eigenvalue weighted by atomic mass is 32.2. The summed E-state index contributed by atoms with van der Waals surface area (Å²) in [6.45, 7) is 1.67. The van der Waals surface area contributed by atoms with Crippen molar-refractivity contribution in [1.82, 2.24) is 9.97 Å². The van der Waals surface area contributed by atoms with Crippen molar-refractivity contribution >= 4 is 29.1 Å². The molecule has 0 aliphatic heterocycles. The second-order valence-electron chi connectivity index (χ2n) is 4.02. The molecule has 0 aliphatic rings. The van der Waals surface area contributed by atoms with Gasteiger partial charge in [-0.25, -0.2) is 9.97 Å². The Balaban J connectivity index is 2.21. The Morgan fingerprint density at radius 1 is 1.38 bits per heavy atom. The van der Waals surface area contributed by atoms with Crippen LogP contribution in [0.4, 0.5) is 13.2 Å². The van der Waals surface area contributed by atoms with Gasteiger partial charge in [-0.3, -0.25) is 4.79 Å². The van der Waals surface area contributed by atoms with Crippen molar-refractivity contribution < 1.29 is 23.1 Å². The van der Waals surface area contributed by atoms with E-state index in [4.69, 9.17) is 5.11 Å². The van der Waals surface area contributed by atoms with Crippen LogP contribution >= 0.6 is 23.1 Å². The van der Waals surface area contributed by atoms with Crippen LogP contribution < -0.4 is 0 Å². The summed E-state index contributed by atoms with van der Waals surface area (Å²) >= 11 is 2.13. The van der Waals surface area contributed by atoms with Crippen molar-refractivity contribution in [3.05, 3.63) is 34.5 Å². The largest absolute Gasteiger partial charge is 0.481 e. The minimum Gasteiger partial charge on any atom is -0.481 e. The van der Waals surface area contributed by atoms with E-state index in [1.54, 1.807) is 6.92 Å². The van der Waals surface area contributed by atoms with Gasteiger partial charge in [0.25, 0.3) is 0 Å². The Kier molecular flexibility index (Phi) is 4.52. The van der Waals surface area contributed by atoms with Crippen LogP contribution in [0.15, 0.2) is 27.6 Å². The molecule has 2 aromatic rings. The lowest BCUT2D eigenvalue weighted by Gasteiger charge is -2.06. The maximum atomic E-state index is 12.6. The molecule has 0 spiro atoms. The zero-order chi connectivity index (χ0) is 15.6. The van der Waals surface area contributed by atoms with Crippen molar-refractivity contribution in [3.8, 4) is 0 Å². The zero-order valence-electron chi connectivity index (χ0n) is 10.6. The number of hydrogen-bond acceptors (Lipinski definition) is 5. The fraction of sp³-hybridized carbons (Fsp3) is 0.250. The van der Waals surface area contributed by atoms with Gasteiger partial charge in [0.1, 0.15) is 10.7 Å². The van der Waals surface area contributed by atoms with Crippen LogP contribution in [0.25, 0.3) is 0 Å². The molecule has 0 radical (unpaired) electrons. The molecule has 2 aromatic heterocycles. The zero-order valence-corrected chi connectivity index (χ0v) is 12.3. The fourth-order valence-corrected chi connectivity index (χ4v) is 3.62. The summed E-state index contributed by atoms with van der Waals surface area (Å²) < 4.78 is 38.2. The maximum absolute atomic E-state index is 12.6. The first kappa shape index (κ1) is 15.8. The molecule has 0 saturated carbocycles. The molecule has 112 valence electrons. The van der Waals surface area contributed by atoms with Crippen LogP contribution in [-0.2, 0) is 17.4 Å². The van der Waals surface area contributed by atoms with Crippen LogP contribution in [0, 0.1) is 6.92 Å². The lowest BCUT2D eigenvalue weighted by atomic mass is 10.3. The van der Waals surface area contributed by atoms with E-state index in [-0.39, 0.29) is 11.4 Å². The lowest BCUT2D eigenvalue weighted by molar-refractivity contribution is -0.141. The van der Waals surface area contributed by atoms with Crippen LogP contribution in [-0.4, -0.2) is 21.0 Å². The smallest absolute Gasteiger partial charge is 0.433 e. The summed E-state index contributed by atoms with van der Waals surface area (Å²) in [6, 6.07) is 3.62. The van der Waals surface area contributed by atoms with Crippen molar-refractivity contribution in [2.75, 3.05) is 0 Å². The predicted octanol–water partition coefficient (Wildman–Crippen LogP) is 3.64. The molecule has 2 rings (SSSR count). The molecule has 0 bridgehead atoms. The molecule has 0 atom stereocenters. The minimum atomic E-state index is -4.50. The van der Waals surface area contributed by atoms with Crippen LogP contribution in [0.5, 0.6) is 0 Å². The number of nitrogens with zero attached hydrogens (tertiary/aromatic N) is 2. The quantitative estimate of drug-likeness (QED) is 0.925. The van der Waals surface area contributed by atoms with Crippen LogP contribution in [0.2, 0.25) is 0 Å². The molecule has 0 saturated heterocycles. The van der Waals surface area contributed by atoms with Gasteiger partial charge in [-0.15, -0.1) is 11.3 Å². The van der Waals surface area contributed by atoms with E-state index in [0.29, 0.717) is 14.9 Å². The van der Waals surface area contributed by atoms with Crippen molar-refractivity contribution in [1.29, 1.82) is 0 Å². The fourth-order valence-electron chi connectivity index (χ4n) is 1.47. The number of halogens is 3. The first-order valence-corrected chi connectivity index (χ1v) is 7.29. The topological polar surface area (TPSA) is 63.1 Å². The van der Waals surface area contributed by atoms with E-state index in [0.717, 1.165) is 29.2 Å². The number of carbonyl (C=O) groups is 1. The summed E-state index contributed by atoms with van der Waals surface area (Å²) in [4.78, 5) is 18.9. The average molecular weight is 334 g/mol. The van der Waals surface area contributed by atoms with Gasteiger partial charge in [0.15, 0.2) is 4.34 Å². The van der Waals surface area contributed by atoms with Gasteiger partial charge < -0.3 is 5.11 Å². The number of pyridine rings is 1. The molecule has 9 heteroatoms. The number of alkyl halides is 3. The standard InChI is InChI=1S/C12H9F3N2O2S2/c1-6-7(5-10(18)19)20-11(16-6)21-9-4-2-3-8(17-9)12(13,14)15/h2-4H,5H2,1H3,(H,18,19). The molecule has 1 N–H and O–H groups in total. The highest BCUT2D eigenvalue weighted by Gasteiger charge is 2.32. The maximum Gasteiger partial charge on any atom is 0.433 e. The molecule has 0 unspecified atom stereocenters. The molecule has 0 amide bonds. The highest BCUT2D eigenvalue weighted by Crippen LogP contribution is 2.34. The van der Waals surface area contributed by atoms with E-state index in [9.17, 15) is 18.0 Å². The molecule has 0 fully saturated rings. The van der Waals surface area contributed by atoms with Crippen LogP contribution in [0.1, 0.15) is 16.3 Å². The number of carboxylic acids is 1. The van der Waals surface area contributed by atoms with Crippen molar-refractivity contribution in [2.24, 2.45) is 0 Å². The monoisotopic (exact) mass is 334 g/mol. The second kappa shape index (κ2) is 6.02. The third-order valence-corrected chi connectivity index (χ3v) is 4.55. The molecule has 2 heterocycles. The molecular weight excluding hydrogens is 325 g/mol. The third kappa shape index (κ3) is 4.18. The number of hydrogen-bond donors (Lipinski definition) is 1. The van der Waals surface area contributed by atoms with Gasteiger partial charge in [-0.05, 0) is 30.8 Å². The normalized spacial score (nSPS) is 11.6. The van der Waals surface area contributed by atoms with E-state index in [2.05, 4.69) is 9.97 Å². The summed E-state index contributed by atoms with van der Waals surface area (Å²) in [5.41, 5.74) is -0.400. The van der Waals surface area contributed by atoms with Gasteiger partial charge in [0.05, 0.1) is 12.1 Å². The molecule has 0 aliphatic carbocycles. The Bertz CT molecular complexity index is 671. The first-order valence-electron chi connectivity index (χ1n) is 5.66. The molecule has 21 heavy (non-hydrogen) atoms. The summed E-state index contributed by atoms with van der Waals surface area (Å²) in [5, 5.41) is 8.92. The van der Waals surface area contributed by atoms with E-state index in [1.807, 2.05) is 0 Å². The Labute approximate surface area is 126 Å². The van der Waals surface area contributed by atoms with Gasteiger partial charge in [-0.1, -0.05) is 6.07 Å². The van der Waals surface area contributed by atoms with Gasteiger partial charge in [0.2, 0.25) is 0 Å². The molecule has 0 aromatic carbocycles. The van der Waals surface area contributed by atoms with Gasteiger partial charge in [-0.2, -0.15) is 13.2 Å².